The first-order valence-electron chi connectivity index (χ1n) is 18.4. The number of hydrogen-bond acceptors (Lipinski definition) is 7. The summed E-state index contributed by atoms with van der Waals surface area (Å²) in [6.07, 6.45) is 30.8. The Hall–Kier alpha value is -3.07. The molecule has 2 N–H and O–H groups in total. The Morgan fingerprint density at radius 1 is 0.660 bits per heavy atom. The fourth-order valence-electron chi connectivity index (χ4n) is 6.11. The van der Waals surface area contributed by atoms with Crippen molar-refractivity contribution in [2.24, 2.45) is 23.7 Å². The second-order valence-corrected chi connectivity index (χ2v) is 14.7. The van der Waals surface area contributed by atoms with Crippen LogP contribution in [-0.4, -0.2) is 72.8 Å². The van der Waals surface area contributed by atoms with E-state index in [-0.39, 0.29) is 0 Å². The fraction of sp³-hybridized carbons (Fsp3) is 0.488. The van der Waals surface area contributed by atoms with Gasteiger partial charge in [0, 0.05) is 18.6 Å². The Labute approximate surface area is 309 Å². The highest BCUT2D eigenvalue weighted by Crippen LogP contribution is 2.29. The zero-order valence-electron chi connectivity index (χ0n) is 29.5. The minimum Gasteiger partial charge on any atom is -0.492 e. The van der Waals surface area contributed by atoms with Crippen molar-refractivity contribution in [2.45, 2.75) is 51.4 Å². The van der Waals surface area contributed by atoms with E-state index < -0.39 is 0 Å². The van der Waals surface area contributed by atoms with Crippen molar-refractivity contribution in [1.29, 1.82) is 0 Å². The maximum absolute atomic E-state index is 5.76. The summed E-state index contributed by atoms with van der Waals surface area (Å²) in [5, 5.41) is 7.85. The highest BCUT2D eigenvalue weighted by molar-refractivity contribution is 6.29. The number of likely N-dealkylation sites (tertiary alicyclic amines) is 1. The van der Waals surface area contributed by atoms with Gasteiger partial charge >= 0.3 is 0 Å². The lowest BCUT2D eigenvalue weighted by Crippen LogP contribution is -2.29. The molecule has 0 radical (unpaired) electrons. The Morgan fingerprint density at radius 2 is 1.16 bits per heavy atom. The van der Waals surface area contributed by atoms with Crippen LogP contribution >= 0.6 is 23.2 Å². The van der Waals surface area contributed by atoms with Gasteiger partial charge in [0.1, 0.15) is 16.1 Å². The molecule has 3 saturated heterocycles. The molecule has 50 heavy (non-hydrogen) atoms. The first-order valence-corrected chi connectivity index (χ1v) is 19.2. The third-order valence-corrected chi connectivity index (χ3v) is 10.1. The zero-order valence-corrected chi connectivity index (χ0v) is 31.0. The lowest BCUT2D eigenvalue weighted by Gasteiger charge is -2.26. The molecule has 4 aliphatic rings. The van der Waals surface area contributed by atoms with Crippen LogP contribution in [0.4, 0.5) is 0 Å². The van der Waals surface area contributed by atoms with E-state index in [4.69, 9.17) is 27.9 Å². The number of piperidine rings is 3. The maximum atomic E-state index is 5.76. The van der Waals surface area contributed by atoms with Crippen molar-refractivity contribution in [3.63, 3.8) is 0 Å². The molecule has 0 unspecified atom stereocenters. The minimum absolute atomic E-state index is 0.550. The summed E-state index contributed by atoms with van der Waals surface area (Å²) < 4.78 is 5.76. The molecule has 6 heterocycles. The van der Waals surface area contributed by atoms with Crippen molar-refractivity contribution in [3.8, 4) is 5.75 Å². The molecule has 9 heteroatoms. The summed E-state index contributed by atoms with van der Waals surface area (Å²) in [6.45, 7) is 7.79. The molecule has 4 fully saturated rings. The van der Waals surface area contributed by atoms with E-state index in [0.717, 1.165) is 61.1 Å². The van der Waals surface area contributed by atoms with Crippen molar-refractivity contribution >= 4 is 41.4 Å². The summed E-state index contributed by atoms with van der Waals surface area (Å²) in [5.74, 6) is 3.82. The Balaban J connectivity index is 0.000000147. The molecule has 7 rings (SSSR count). The molecule has 7 nitrogen and oxygen atoms in total. The van der Waals surface area contributed by atoms with E-state index in [0.29, 0.717) is 28.1 Å². The molecule has 268 valence electrons. The summed E-state index contributed by atoms with van der Waals surface area (Å²) >= 11 is 11.5. The van der Waals surface area contributed by atoms with E-state index in [2.05, 4.69) is 80.1 Å². The molecule has 1 aliphatic carbocycles. The number of hydrogen-bond donors (Lipinski definition) is 2. The molecular weight excluding hydrogens is 663 g/mol. The van der Waals surface area contributed by atoms with Crippen LogP contribution in [0.2, 0.25) is 10.3 Å². The van der Waals surface area contributed by atoms with Crippen LogP contribution in [0, 0.1) is 23.7 Å². The highest BCUT2D eigenvalue weighted by Gasteiger charge is 2.22. The average Bonchev–Trinajstić information content (AvgIpc) is 4.00. The van der Waals surface area contributed by atoms with Crippen LogP contribution < -0.4 is 15.4 Å². The molecule has 3 aromatic rings. The molecule has 3 aromatic heterocycles. The number of nitrogens with zero attached hydrogens (tertiary/aromatic N) is 4. The quantitative estimate of drug-likeness (QED) is 0.215. The van der Waals surface area contributed by atoms with Crippen LogP contribution in [0.1, 0.15) is 68.1 Å². The summed E-state index contributed by atoms with van der Waals surface area (Å²) in [5.41, 5.74) is 3.40. The number of rotatable bonds is 9. The number of aromatic nitrogens is 3. The monoisotopic (exact) mass is 716 g/mol. The van der Waals surface area contributed by atoms with Gasteiger partial charge in [0.05, 0.1) is 12.8 Å². The van der Waals surface area contributed by atoms with Crippen LogP contribution in [0.3, 0.4) is 0 Å². The normalized spacial score (nSPS) is 19.7. The average molecular weight is 718 g/mol. The lowest BCUT2D eigenvalue weighted by atomic mass is 9.96. The molecule has 3 aliphatic heterocycles. The van der Waals surface area contributed by atoms with Gasteiger partial charge in [0.15, 0.2) is 0 Å². The Bertz CT molecular complexity index is 1470. The largest absolute Gasteiger partial charge is 0.492 e. The standard InChI is InChI=1S/C16H22N2O.C13H17ClN2.C12H15ClN2/c1(13-5-7-17-8-6-13)4-15-9-16(11-18-10-15)19-12-14-2-3-14;1-16-8-6-11(7-9-16)2-3-12-4-5-13(14)15-10-12;13-12-4-3-11(9-15-12)2-1-10-5-7-14-8-6-10/h1,4,9-11,13-14,17H,2-3,5-8,12H2;2-5,10-11H,6-9H2,1H3;1-4,9-10,14H,5-8H2/b4-1+;3-2+;2-1+. The van der Waals surface area contributed by atoms with Crippen LogP contribution in [0.5, 0.6) is 5.75 Å². The number of allylic oxidation sites excluding steroid dienone is 3. The third-order valence-electron chi connectivity index (χ3n) is 9.63. The van der Waals surface area contributed by atoms with E-state index in [1.54, 1.807) is 6.20 Å². The number of ether oxygens (including phenoxy) is 1. The van der Waals surface area contributed by atoms with Gasteiger partial charge in [-0.15, -0.1) is 0 Å². The molecular formula is C41H54Cl2N6O. The smallest absolute Gasteiger partial charge is 0.138 e. The van der Waals surface area contributed by atoms with Gasteiger partial charge < -0.3 is 20.3 Å². The molecule has 1 saturated carbocycles. The predicted molar refractivity (Wildman–Crippen MR) is 209 cm³/mol. The van der Waals surface area contributed by atoms with Crippen molar-refractivity contribution in [2.75, 3.05) is 52.9 Å². The SMILES string of the molecule is C(=C\C1CCNCC1)/c1cncc(OCC2CC2)c1.CN1CCC(/C=C/c2ccc(Cl)nc2)CC1.Clc1ccc(/C=C/C2CCNCC2)cn1. The van der Waals surface area contributed by atoms with Gasteiger partial charge in [-0.3, -0.25) is 4.98 Å². The van der Waals surface area contributed by atoms with E-state index in [1.165, 1.54) is 64.5 Å². The molecule has 0 aromatic carbocycles. The van der Waals surface area contributed by atoms with Gasteiger partial charge in [0.2, 0.25) is 0 Å². The minimum atomic E-state index is 0.550. The van der Waals surface area contributed by atoms with E-state index in [9.17, 15) is 0 Å². The molecule has 0 amide bonds. The predicted octanol–water partition coefficient (Wildman–Crippen LogP) is 8.72. The van der Waals surface area contributed by atoms with Crippen LogP contribution in [0.25, 0.3) is 18.2 Å². The summed E-state index contributed by atoms with van der Waals surface area (Å²) in [6, 6.07) is 9.74. The Morgan fingerprint density at radius 3 is 1.64 bits per heavy atom. The molecule has 0 atom stereocenters. The first kappa shape index (κ1) is 38.2. The molecule has 0 spiro atoms. The van der Waals surface area contributed by atoms with E-state index >= 15 is 0 Å². The van der Waals surface area contributed by atoms with Gasteiger partial charge in [-0.2, -0.15) is 0 Å². The highest BCUT2D eigenvalue weighted by atomic mass is 35.5. The topological polar surface area (TPSA) is 75.2 Å². The lowest BCUT2D eigenvalue weighted by molar-refractivity contribution is 0.244. The number of nitrogens with one attached hydrogen (secondary N) is 2. The van der Waals surface area contributed by atoms with Crippen molar-refractivity contribution < 1.29 is 4.74 Å². The zero-order chi connectivity index (χ0) is 34.8. The van der Waals surface area contributed by atoms with Gasteiger partial charge in [-0.1, -0.05) is 71.8 Å². The van der Waals surface area contributed by atoms with Gasteiger partial charge in [-0.05, 0) is 156 Å². The van der Waals surface area contributed by atoms with Gasteiger partial charge in [-0.25, -0.2) is 9.97 Å². The Kier molecular flexibility index (Phi) is 16.3. The van der Waals surface area contributed by atoms with Crippen LogP contribution in [-0.2, 0) is 0 Å². The molecule has 0 bridgehead atoms. The van der Waals surface area contributed by atoms with E-state index in [1.807, 2.05) is 42.9 Å². The summed E-state index contributed by atoms with van der Waals surface area (Å²) in [4.78, 5) is 14.7. The van der Waals surface area contributed by atoms with Crippen LogP contribution in [0.15, 0.2) is 73.3 Å². The fourth-order valence-corrected chi connectivity index (χ4v) is 6.34. The second kappa shape index (κ2) is 21.3. The number of pyridine rings is 3. The van der Waals surface area contributed by atoms with Crippen molar-refractivity contribution in [3.05, 3.63) is 100 Å². The third kappa shape index (κ3) is 15.0. The maximum Gasteiger partial charge on any atom is 0.138 e. The van der Waals surface area contributed by atoms with Gasteiger partial charge in [0.25, 0.3) is 0 Å². The summed E-state index contributed by atoms with van der Waals surface area (Å²) in [7, 11) is 2.18. The second-order valence-electron chi connectivity index (χ2n) is 13.9. The first-order chi connectivity index (χ1) is 24.5. The number of halogens is 2. The van der Waals surface area contributed by atoms with Crippen molar-refractivity contribution in [1.82, 2.24) is 30.5 Å².